The molecular formula is C11H19N3O2S. The molecule has 3 N–H and O–H groups in total. The number of carbonyl (C=O) groups excluding carboxylic acids is 1. The van der Waals surface area contributed by atoms with Gasteiger partial charge in [0.05, 0.1) is 5.01 Å². The summed E-state index contributed by atoms with van der Waals surface area (Å²) in [6.45, 7) is 3.75. The average molecular weight is 257 g/mol. The number of nitrogens with two attached hydrogens (primary N) is 1. The Balaban J connectivity index is 2.65. The molecule has 0 aromatic carbocycles. The van der Waals surface area contributed by atoms with Crippen LogP contribution in [0, 0.1) is 0 Å². The monoisotopic (exact) mass is 257 g/mol. The van der Waals surface area contributed by atoms with Gasteiger partial charge in [-0.15, -0.1) is 11.3 Å². The lowest BCUT2D eigenvalue weighted by atomic mass is 10.3. The Morgan fingerprint density at radius 3 is 3.00 bits per heavy atom. The Kier molecular flexibility index (Phi) is 6.10. The molecule has 1 aromatic heterocycles. The molecule has 0 aliphatic carbocycles. The number of hydrogen-bond donors (Lipinski definition) is 2. The minimum Gasteiger partial charge on any atom is -0.396 e. The summed E-state index contributed by atoms with van der Waals surface area (Å²) in [6, 6.07) is 0. The first-order valence-corrected chi connectivity index (χ1v) is 6.65. The van der Waals surface area contributed by atoms with Crippen LogP contribution >= 0.6 is 11.3 Å². The van der Waals surface area contributed by atoms with Crippen molar-refractivity contribution >= 4 is 17.2 Å². The van der Waals surface area contributed by atoms with Crippen LogP contribution in [0.2, 0.25) is 0 Å². The second-order valence-electron chi connectivity index (χ2n) is 3.63. The molecule has 6 heteroatoms. The molecule has 1 aromatic rings. The van der Waals surface area contributed by atoms with Crippen molar-refractivity contribution in [2.75, 3.05) is 26.2 Å². The van der Waals surface area contributed by atoms with E-state index in [0.29, 0.717) is 38.2 Å². The molecule has 0 fully saturated rings. The zero-order chi connectivity index (χ0) is 12.7. The van der Waals surface area contributed by atoms with Crippen molar-refractivity contribution in [2.45, 2.75) is 19.8 Å². The summed E-state index contributed by atoms with van der Waals surface area (Å²) >= 11 is 1.47. The van der Waals surface area contributed by atoms with Gasteiger partial charge < -0.3 is 15.7 Å². The van der Waals surface area contributed by atoms with Gasteiger partial charge in [0.1, 0.15) is 5.69 Å². The Hall–Kier alpha value is -0.980. The third-order valence-corrected chi connectivity index (χ3v) is 3.29. The van der Waals surface area contributed by atoms with Crippen LogP contribution in [0.1, 0.15) is 28.8 Å². The molecule has 96 valence electrons. The maximum atomic E-state index is 12.1. The first-order valence-electron chi connectivity index (χ1n) is 5.77. The third kappa shape index (κ3) is 4.07. The van der Waals surface area contributed by atoms with Gasteiger partial charge in [0.15, 0.2) is 0 Å². The van der Waals surface area contributed by atoms with Gasteiger partial charge in [-0.3, -0.25) is 4.79 Å². The van der Waals surface area contributed by atoms with Gasteiger partial charge >= 0.3 is 0 Å². The molecule has 5 nitrogen and oxygen atoms in total. The highest BCUT2D eigenvalue weighted by molar-refractivity contribution is 7.09. The van der Waals surface area contributed by atoms with Crippen LogP contribution in [0.4, 0.5) is 0 Å². The third-order valence-electron chi connectivity index (χ3n) is 2.38. The number of carbonyl (C=O) groups is 1. The summed E-state index contributed by atoms with van der Waals surface area (Å²) in [4.78, 5) is 18.0. The van der Waals surface area contributed by atoms with Crippen LogP contribution < -0.4 is 5.73 Å². The SMILES string of the molecule is CCN(CCCO)C(=O)c1csc(CCN)n1. The Bertz CT molecular complexity index is 354. The van der Waals surface area contributed by atoms with Crippen molar-refractivity contribution in [1.29, 1.82) is 0 Å². The normalized spacial score (nSPS) is 10.5. The van der Waals surface area contributed by atoms with E-state index in [1.165, 1.54) is 11.3 Å². The van der Waals surface area contributed by atoms with E-state index in [2.05, 4.69) is 4.98 Å². The fraction of sp³-hybridized carbons (Fsp3) is 0.636. The van der Waals surface area contributed by atoms with Gasteiger partial charge in [-0.25, -0.2) is 4.98 Å². The smallest absolute Gasteiger partial charge is 0.273 e. The molecule has 0 spiro atoms. The molecule has 0 saturated carbocycles. The Morgan fingerprint density at radius 1 is 1.65 bits per heavy atom. The summed E-state index contributed by atoms with van der Waals surface area (Å²) < 4.78 is 0. The number of rotatable bonds is 7. The van der Waals surface area contributed by atoms with Crippen molar-refractivity contribution in [3.8, 4) is 0 Å². The molecule has 1 rings (SSSR count). The molecule has 0 atom stereocenters. The lowest BCUT2D eigenvalue weighted by Gasteiger charge is -2.18. The van der Waals surface area contributed by atoms with E-state index in [-0.39, 0.29) is 12.5 Å². The van der Waals surface area contributed by atoms with Crippen molar-refractivity contribution in [3.05, 3.63) is 16.1 Å². The first-order chi connectivity index (χ1) is 8.22. The standard InChI is InChI=1S/C11H19N3O2S/c1-2-14(6-3-7-15)11(16)9-8-17-10(13-9)4-5-12/h8,15H,2-7,12H2,1H3. The Morgan fingerprint density at radius 2 is 2.41 bits per heavy atom. The van der Waals surface area contributed by atoms with Crippen molar-refractivity contribution in [2.24, 2.45) is 5.73 Å². The number of aromatic nitrogens is 1. The highest BCUT2D eigenvalue weighted by atomic mass is 32.1. The summed E-state index contributed by atoms with van der Waals surface area (Å²) in [7, 11) is 0. The zero-order valence-corrected chi connectivity index (χ0v) is 10.9. The minimum atomic E-state index is -0.0690. The number of nitrogens with zero attached hydrogens (tertiary/aromatic N) is 2. The van der Waals surface area contributed by atoms with Crippen LogP contribution in [-0.4, -0.2) is 47.1 Å². The zero-order valence-electron chi connectivity index (χ0n) is 10.1. The van der Waals surface area contributed by atoms with Gasteiger partial charge in [-0.1, -0.05) is 0 Å². The quantitative estimate of drug-likeness (QED) is 0.745. The fourth-order valence-corrected chi connectivity index (χ4v) is 2.26. The van der Waals surface area contributed by atoms with Gasteiger partial charge in [0.25, 0.3) is 5.91 Å². The van der Waals surface area contributed by atoms with E-state index >= 15 is 0 Å². The van der Waals surface area contributed by atoms with Crippen LogP contribution in [-0.2, 0) is 6.42 Å². The molecule has 1 heterocycles. The van der Waals surface area contributed by atoms with Crippen molar-refractivity contribution in [3.63, 3.8) is 0 Å². The molecule has 0 bridgehead atoms. The average Bonchev–Trinajstić information content (AvgIpc) is 2.79. The van der Waals surface area contributed by atoms with Crippen LogP contribution in [0.15, 0.2) is 5.38 Å². The molecule has 0 aliphatic heterocycles. The summed E-state index contributed by atoms with van der Waals surface area (Å²) in [5, 5.41) is 11.4. The number of hydrogen-bond acceptors (Lipinski definition) is 5. The first kappa shape index (κ1) is 14.1. The lowest BCUT2D eigenvalue weighted by molar-refractivity contribution is 0.0749. The number of thiazole rings is 1. The van der Waals surface area contributed by atoms with E-state index in [1.807, 2.05) is 6.92 Å². The largest absolute Gasteiger partial charge is 0.396 e. The molecule has 0 radical (unpaired) electrons. The lowest BCUT2D eigenvalue weighted by Crippen LogP contribution is -2.32. The van der Waals surface area contributed by atoms with E-state index in [1.54, 1.807) is 10.3 Å². The molecule has 0 aliphatic rings. The molecule has 0 saturated heterocycles. The summed E-state index contributed by atoms with van der Waals surface area (Å²) in [5.74, 6) is -0.0690. The van der Waals surface area contributed by atoms with E-state index in [9.17, 15) is 4.79 Å². The maximum absolute atomic E-state index is 12.1. The molecule has 1 amide bonds. The van der Waals surface area contributed by atoms with E-state index in [0.717, 1.165) is 5.01 Å². The van der Waals surface area contributed by atoms with Gasteiger partial charge in [-0.05, 0) is 19.9 Å². The highest BCUT2D eigenvalue weighted by Gasteiger charge is 2.16. The molecule has 0 unspecified atom stereocenters. The fourth-order valence-electron chi connectivity index (χ4n) is 1.47. The van der Waals surface area contributed by atoms with Gasteiger partial charge in [0.2, 0.25) is 0 Å². The van der Waals surface area contributed by atoms with E-state index in [4.69, 9.17) is 10.8 Å². The molecule has 17 heavy (non-hydrogen) atoms. The van der Waals surface area contributed by atoms with Crippen LogP contribution in [0.25, 0.3) is 0 Å². The highest BCUT2D eigenvalue weighted by Crippen LogP contribution is 2.12. The number of aliphatic hydroxyl groups is 1. The molecular weight excluding hydrogens is 238 g/mol. The summed E-state index contributed by atoms with van der Waals surface area (Å²) in [6.07, 6.45) is 1.31. The Labute approximate surface area is 105 Å². The van der Waals surface area contributed by atoms with E-state index < -0.39 is 0 Å². The van der Waals surface area contributed by atoms with Crippen LogP contribution in [0.5, 0.6) is 0 Å². The number of amides is 1. The second kappa shape index (κ2) is 7.37. The van der Waals surface area contributed by atoms with Crippen molar-refractivity contribution in [1.82, 2.24) is 9.88 Å². The predicted octanol–water partition coefficient (Wildman–Crippen LogP) is 0.489. The predicted molar refractivity (Wildman–Crippen MR) is 68.2 cm³/mol. The van der Waals surface area contributed by atoms with Crippen LogP contribution in [0.3, 0.4) is 0 Å². The second-order valence-corrected chi connectivity index (χ2v) is 4.57. The maximum Gasteiger partial charge on any atom is 0.273 e. The minimum absolute atomic E-state index is 0.0690. The van der Waals surface area contributed by atoms with Gasteiger partial charge in [-0.2, -0.15) is 0 Å². The topological polar surface area (TPSA) is 79.5 Å². The summed E-state index contributed by atoms with van der Waals surface area (Å²) in [5.41, 5.74) is 5.93. The number of aliphatic hydroxyl groups excluding tert-OH is 1. The van der Waals surface area contributed by atoms with Gasteiger partial charge in [0, 0.05) is 31.5 Å². The van der Waals surface area contributed by atoms with Crippen molar-refractivity contribution < 1.29 is 9.90 Å².